The quantitative estimate of drug-likeness (QED) is 0.686. The molecule has 4 nitrogen and oxygen atoms in total. The Morgan fingerprint density at radius 1 is 1.09 bits per heavy atom. The molecule has 0 saturated carbocycles. The Balaban J connectivity index is 1.85. The number of para-hydroxylation sites is 1. The van der Waals surface area contributed by atoms with Crippen molar-refractivity contribution >= 4 is 24.2 Å². The van der Waals surface area contributed by atoms with Crippen LogP contribution in [0.15, 0.2) is 54.6 Å². The van der Waals surface area contributed by atoms with Crippen LogP contribution in [0.5, 0.6) is 11.5 Å². The Labute approximate surface area is 136 Å². The molecule has 22 heavy (non-hydrogen) atoms. The third kappa shape index (κ3) is 5.42. The van der Waals surface area contributed by atoms with Crippen LogP contribution >= 0.6 is 12.6 Å². The number of nitrogens with one attached hydrogen (secondary N) is 1. The Hall–Kier alpha value is -1.98. The summed E-state index contributed by atoms with van der Waals surface area (Å²) in [5.74, 6) is 2.04. The van der Waals surface area contributed by atoms with E-state index in [0.717, 1.165) is 17.2 Å². The van der Waals surface area contributed by atoms with Gasteiger partial charge >= 0.3 is 0 Å². The SMILES string of the molecule is N[C@H](CS)CCC(=O)Nc1ccc(Oc2ccccc2)cc1. The summed E-state index contributed by atoms with van der Waals surface area (Å²) in [5.41, 5.74) is 6.48. The van der Waals surface area contributed by atoms with Gasteiger partial charge in [0.15, 0.2) is 0 Å². The van der Waals surface area contributed by atoms with E-state index >= 15 is 0 Å². The molecule has 5 heteroatoms. The van der Waals surface area contributed by atoms with E-state index in [0.29, 0.717) is 18.6 Å². The standard InChI is InChI=1S/C17H20N2O2S/c18-13(12-22)6-11-17(20)19-14-7-9-16(10-8-14)21-15-4-2-1-3-5-15/h1-5,7-10,13,22H,6,11-12,18H2,(H,19,20)/t13-/m0/s1. The van der Waals surface area contributed by atoms with Gasteiger partial charge in [0.05, 0.1) is 0 Å². The minimum absolute atomic E-state index is 0.0456. The number of rotatable bonds is 7. The van der Waals surface area contributed by atoms with Crippen molar-refractivity contribution in [3.63, 3.8) is 0 Å². The lowest BCUT2D eigenvalue weighted by Gasteiger charge is -2.09. The van der Waals surface area contributed by atoms with Gasteiger partial charge < -0.3 is 15.8 Å². The second-order valence-electron chi connectivity index (χ2n) is 4.97. The zero-order valence-electron chi connectivity index (χ0n) is 12.2. The average molecular weight is 316 g/mol. The summed E-state index contributed by atoms with van der Waals surface area (Å²) in [4.78, 5) is 11.8. The molecule has 1 amide bonds. The summed E-state index contributed by atoms with van der Waals surface area (Å²) in [5, 5.41) is 2.84. The van der Waals surface area contributed by atoms with Crippen molar-refractivity contribution in [2.24, 2.45) is 5.73 Å². The number of nitrogens with two attached hydrogens (primary N) is 1. The van der Waals surface area contributed by atoms with Gasteiger partial charge in [-0.2, -0.15) is 12.6 Å². The molecule has 0 bridgehead atoms. The second-order valence-corrected chi connectivity index (χ2v) is 5.33. The van der Waals surface area contributed by atoms with Crippen molar-refractivity contribution in [1.29, 1.82) is 0 Å². The first kappa shape index (κ1) is 16.4. The Morgan fingerprint density at radius 2 is 1.73 bits per heavy atom. The van der Waals surface area contributed by atoms with E-state index in [9.17, 15) is 4.79 Å². The molecule has 0 heterocycles. The molecular formula is C17H20N2O2S. The van der Waals surface area contributed by atoms with Crippen molar-refractivity contribution in [3.8, 4) is 11.5 Å². The maximum Gasteiger partial charge on any atom is 0.224 e. The third-order valence-electron chi connectivity index (χ3n) is 3.09. The number of anilines is 1. The summed E-state index contributed by atoms with van der Waals surface area (Å²) in [6.45, 7) is 0. The van der Waals surface area contributed by atoms with Crippen LogP contribution in [0.4, 0.5) is 5.69 Å². The molecule has 0 aromatic heterocycles. The first-order valence-electron chi connectivity index (χ1n) is 7.16. The Kier molecular flexibility index (Phi) is 6.30. The molecule has 0 radical (unpaired) electrons. The minimum atomic E-state index is -0.0473. The van der Waals surface area contributed by atoms with Crippen molar-refractivity contribution in [2.45, 2.75) is 18.9 Å². The number of carbonyl (C=O) groups is 1. The summed E-state index contributed by atoms with van der Waals surface area (Å²) in [7, 11) is 0. The van der Waals surface area contributed by atoms with Crippen LogP contribution in [0.2, 0.25) is 0 Å². The van der Waals surface area contributed by atoms with Crippen molar-refractivity contribution < 1.29 is 9.53 Å². The zero-order valence-corrected chi connectivity index (χ0v) is 13.1. The monoisotopic (exact) mass is 316 g/mol. The van der Waals surface area contributed by atoms with Crippen molar-refractivity contribution in [1.82, 2.24) is 0 Å². The molecule has 1 atom stereocenters. The largest absolute Gasteiger partial charge is 0.457 e. The molecule has 2 rings (SSSR count). The molecule has 3 N–H and O–H groups in total. The number of hydrogen-bond donors (Lipinski definition) is 3. The van der Waals surface area contributed by atoms with Crippen LogP contribution in [0, 0.1) is 0 Å². The van der Waals surface area contributed by atoms with Gasteiger partial charge in [-0.05, 0) is 42.8 Å². The lowest BCUT2D eigenvalue weighted by atomic mass is 10.2. The number of amides is 1. The van der Waals surface area contributed by atoms with Gasteiger partial charge in [0, 0.05) is 23.9 Å². The summed E-state index contributed by atoms with van der Waals surface area (Å²) in [6, 6.07) is 16.8. The van der Waals surface area contributed by atoms with Crippen molar-refractivity contribution in [3.05, 3.63) is 54.6 Å². The number of benzene rings is 2. The van der Waals surface area contributed by atoms with E-state index in [1.807, 2.05) is 54.6 Å². The molecule has 0 fully saturated rings. The van der Waals surface area contributed by atoms with Crippen LogP contribution in [0.3, 0.4) is 0 Å². The number of hydrogen-bond acceptors (Lipinski definition) is 4. The first-order valence-corrected chi connectivity index (χ1v) is 7.80. The van der Waals surface area contributed by atoms with E-state index in [4.69, 9.17) is 10.5 Å². The zero-order chi connectivity index (χ0) is 15.8. The Morgan fingerprint density at radius 3 is 2.36 bits per heavy atom. The molecular weight excluding hydrogens is 296 g/mol. The van der Waals surface area contributed by atoms with Crippen LogP contribution in [-0.4, -0.2) is 17.7 Å². The lowest BCUT2D eigenvalue weighted by molar-refractivity contribution is -0.116. The fourth-order valence-electron chi connectivity index (χ4n) is 1.86. The van der Waals surface area contributed by atoms with Crippen molar-refractivity contribution in [2.75, 3.05) is 11.1 Å². The van der Waals surface area contributed by atoms with Gasteiger partial charge in [-0.15, -0.1) is 0 Å². The second kappa shape index (κ2) is 8.46. The van der Waals surface area contributed by atoms with E-state index in [1.165, 1.54) is 0 Å². The molecule has 0 saturated heterocycles. The molecule has 2 aromatic carbocycles. The van der Waals surface area contributed by atoms with Gasteiger partial charge in [-0.3, -0.25) is 4.79 Å². The van der Waals surface area contributed by atoms with Gasteiger partial charge in [0.1, 0.15) is 11.5 Å². The average Bonchev–Trinajstić information content (AvgIpc) is 2.55. The molecule has 0 unspecified atom stereocenters. The number of thiol groups is 1. The van der Waals surface area contributed by atoms with Gasteiger partial charge in [0.25, 0.3) is 0 Å². The summed E-state index contributed by atoms with van der Waals surface area (Å²) in [6.07, 6.45) is 1.02. The van der Waals surface area contributed by atoms with Crippen LogP contribution in [0.1, 0.15) is 12.8 Å². The van der Waals surface area contributed by atoms with Crippen LogP contribution in [0.25, 0.3) is 0 Å². The summed E-state index contributed by atoms with van der Waals surface area (Å²) >= 11 is 4.10. The molecule has 0 aliphatic carbocycles. The maximum atomic E-state index is 11.8. The lowest BCUT2D eigenvalue weighted by Crippen LogP contribution is -2.24. The predicted octanol–water partition coefficient (Wildman–Crippen LogP) is 3.45. The van der Waals surface area contributed by atoms with E-state index in [2.05, 4.69) is 17.9 Å². The highest BCUT2D eigenvalue weighted by Crippen LogP contribution is 2.22. The van der Waals surface area contributed by atoms with E-state index in [-0.39, 0.29) is 11.9 Å². The van der Waals surface area contributed by atoms with Crippen LogP contribution in [-0.2, 0) is 4.79 Å². The number of ether oxygens (including phenoxy) is 1. The third-order valence-corrected chi connectivity index (χ3v) is 3.56. The summed E-state index contributed by atoms with van der Waals surface area (Å²) < 4.78 is 5.69. The fraction of sp³-hybridized carbons (Fsp3) is 0.235. The molecule has 2 aromatic rings. The van der Waals surface area contributed by atoms with Crippen LogP contribution < -0.4 is 15.8 Å². The molecule has 0 aliphatic heterocycles. The van der Waals surface area contributed by atoms with Gasteiger partial charge in [-0.1, -0.05) is 18.2 Å². The van der Waals surface area contributed by atoms with Gasteiger partial charge in [-0.25, -0.2) is 0 Å². The topological polar surface area (TPSA) is 64.4 Å². The molecule has 0 aliphatic rings. The first-order chi connectivity index (χ1) is 10.7. The highest BCUT2D eigenvalue weighted by atomic mass is 32.1. The predicted molar refractivity (Wildman–Crippen MR) is 92.7 cm³/mol. The fourth-order valence-corrected chi connectivity index (χ4v) is 2.04. The smallest absolute Gasteiger partial charge is 0.224 e. The number of carbonyl (C=O) groups excluding carboxylic acids is 1. The Bertz CT molecular complexity index is 587. The molecule has 0 spiro atoms. The van der Waals surface area contributed by atoms with E-state index < -0.39 is 0 Å². The molecule has 116 valence electrons. The van der Waals surface area contributed by atoms with Gasteiger partial charge in [0.2, 0.25) is 5.91 Å². The highest BCUT2D eigenvalue weighted by Gasteiger charge is 2.06. The minimum Gasteiger partial charge on any atom is -0.457 e. The normalized spacial score (nSPS) is 11.7. The maximum absolute atomic E-state index is 11.8. The van der Waals surface area contributed by atoms with E-state index in [1.54, 1.807) is 0 Å². The highest BCUT2D eigenvalue weighted by molar-refractivity contribution is 7.80.